The van der Waals surface area contributed by atoms with Gasteiger partial charge in [-0.3, -0.25) is 0 Å². The summed E-state index contributed by atoms with van der Waals surface area (Å²) in [6.45, 7) is 0.385. The van der Waals surface area contributed by atoms with Crippen LogP contribution in [-0.4, -0.2) is 25.1 Å². The van der Waals surface area contributed by atoms with Gasteiger partial charge in [0, 0.05) is 32.5 Å². The van der Waals surface area contributed by atoms with E-state index in [1.807, 2.05) is 31.1 Å². The molecular weight excluding hydrogens is 271 g/mol. The fraction of sp³-hybridized carbons (Fsp3) is 0.200. The number of nitrogens with zero attached hydrogens (tertiary/aromatic N) is 2. The molecule has 0 atom stereocenters. The lowest BCUT2D eigenvalue weighted by Gasteiger charge is -2.12. The minimum Gasteiger partial charge on any atom is -0.363 e. The van der Waals surface area contributed by atoms with E-state index in [-0.39, 0.29) is 11.8 Å². The van der Waals surface area contributed by atoms with E-state index in [1.54, 1.807) is 6.20 Å². The molecule has 0 aliphatic carbocycles. The number of rotatable bonds is 4. The molecule has 0 spiro atoms. The predicted molar refractivity (Wildman–Crippen MR) is 80.8 cm³/mol. The molecule has 1 heterocycles. The number of urea groups is 1. The largest absolute Gasteiger partial charge is 0.363 e. The van der Waals surface area contributed by atoms with E-state index in [4.69, 9.17) is 0 Å². The fourth-order valence-corrected chi connectivity index (χ4v) is 1.71. The molecule has 1 aromatic carbocycles. The molecule has 21 heavy (non-hydrogen) atoms. The molecule has 0 fully saturated rings. The summed E-state index contributed by atoms with van der Waals surface area (Å²) >= 11 is 0. The monoisotopic (exact) mass is 288 g/mol. The Labute approximate surface area is 122 Å². The van der Waals surface area contributed by atoms with Crippen LogP contribution in [-0.2, 0) is 6.54 Å². The van der Waals surface area contributed by atoms with Gasteiger partial charge in [0.15, 0.2) is 0 Å². The summed E-state index contributed by atoms with van der Waals surface area (Å²) in [7, 11) is 3.81. The second-order valence-corrected chi connectivity index (χ2v) is 4.73. The highest BCUT2D eigenvalue weighted by Crippen LogP contribution is 2.10. The normalized spacial score (nSPS) is 10.0. The summed E-state index contributed by atoms with van der Waals surface area (Å²) in [5.74, 6) is 0.488. The highest BCUT2D eigenvalue weighted by molar-refractivity contribution is 5.89. The van der Waals surface area contributed by atoms with Gasteiger partial charge in [0.1, 0.15) is 11.6 Å². The van der Waals surface area contributed by atoms with Crippen molar-refractivity contribution in [2.24, 2.45) is 0 Å². The van der Waals surface area contributed by atoms with Gasteiger partial charge in [-0.05, 0) is 42.0 Å². The maximum absolute atomic E-state index is 12.8. The number of nitrogens with one attached hydrogen (secondary N) is 2. The molecule has 0 aliphatic heterocycles. The Morgan fingerprint density at radius 2 is 1.95 bits per heavy atom. The highest BCUT2D eigenvalue weighted by atomic mass is 19.1. The maximum Gasteiger partial charge on any atom is 0.319 e. The molecule has 0 saturated carbocycles. The van der Waals surface area contributed by atoms with Crippen LogP contribution in [0.1, 0.15) is 5.56 Å². The number of benzene rings is 1. The molecule has 0 bridgehead atoms. The van der Waals surface area contributed by atoms with Gasteiger partial charge in [-0.25, -0.2) is 14.2 Å². The Kier molecular flexibility index (Phi) is 4.71. The van der Waals surface area contributed by atoms with Gasteiger partial charge in [0.05, 0.1) is 0 Å². The maximum atomic E-state index is 12.8. The van der Waals surface area contributed by atoms with E-state index < -0.39 is 0 Å². The summed E-state index contributed by atoms with van der Waals surface area (Å²) in [4.78, 5) is 17.8. The number of hydrogen-bond acceptors (Lipinski definition) is 3. The first-order valence-electron chi connectivity index (χ1n) is 6.47. The summed E-state index contributed by atoms with van der Waals surface area (Å²) in [6.07, 6.45) is 1.70. The predicted octanol–water partition coefficient (Wildman–Crippen LogP) is 2.61. The van der Waals surface area contributed by atoms with E-state index in [0.717, 1.165) is 11.4 Å². The zero-order valence-electron chi connectivity index (χ0n) is 11.9. The van der Waals surface area contributed by atoms with Gasteiger partial charge >= 0.3 is 6.03 Å². The van der Waals surface area contributed by atoms with Crippen LogP contribution in [0.5, 0.6) is 0 Å². The second kappa shape index (κ2) is 6.69. The molecule has 110 valence electrons. The van der Waals surface area contributed by atoms with Crippen molar-refractivity contribution in [3.8, 4) is 0 Å². The molecule has 2 amide bonds. The molecule has 1 aromatic heterocycles. The first-order valence-corrected chi connectivity index (χ1v) is 6.47. The fourth-order valence-electron chi connectivity index (χ4n) is 1.71. The minimum absolute atomic E-state index is 0.339. The number of anilines is 2. The zero-order chi connectivity index (χ0) is 15.2. The summed E-state index contributed by atoms with van der Waals surface area (Å²) in [5.41, 5.74) is 1.49. The smallest absolute Gasteiger partial charge is 0.319 e. The number of hydrogen-bond donors (Lipinski definition) is 2. The first kappa shape index (κ1) is 14.8. The van der Waals surface area contributed by atoms with E-state index in [0.29, 0.717) is 12.2 Å². The molecule has 0 aliphatic rings. The van der Waals surface area contributed by atoms with Crippen LogP contribution in [0.3, 0.4) is 0 Å². The van der Waals surface area contributed by atoms with Crippen molar-refractivity contribution in [3.05, 3.63) is 54.0 Å². The Hall–Kier alpha value is -2.63. The molecule has 2 rings (SSSR count). The molecule has 0 unspecified atom stereocenters. The van der Waals surface area contributed by atoms with Gasteiger partial charge in [-0.15, -0.1) is 0 Å². The number of carbonyl (C=O) groups excluding carboxylic acids is 1. The molecule has 6 heteroatoms. The summed E-state index contributed by atoms with van der Waals surface area (Å²) in [5, 5.41) is 5.37. The van der Waals surface area contributed by atoms with E-state index in [1.165, 1.54) is 24.3 Å². The van der Waals surface area contributed by atoms with Crippen molar-refractivity contribution in [2.75, 3.05) is 24.3 Å². The van der Waals surface area contributed by atoms with Crippen molar-refractivity contribution in [3.63, 3.8) is 0 Å². The van der Waals surface area contributed by atoms with Gasteiger partial charge in [-0.2, -0.15) is 0 Å². The van der Waals surface area contributed by atoms with Crippen LogP contribution in [0.25, 0.3) is 0 Å². The summed E-state index contributed by atoms with van der Waals surface area (Å²) < 4.78 is 12.8. The number of halogens is 1. The van der Waals surface area contributed by atoms with E-state index in [2.05, 4.69) is 15.6 Å². The molecule has 2 aromatic rings. The Morgan fingerprint density at radius 1 is 1.24 bits per heavy atom. The summed E-state index contributed by atoms with van der Waals surface area (Å²) in [6, 6.07) is 8.99. The number of aromatic nitrogens is 1. The van der Waals surface area contributed by atoms with Gasteiger partial charge in [0.2, 0.25) is 0 Å². The lowest BCUT2D eigenvalue weighted by Crippen LogP contribution is -2.28. The highest BCUT2D eigenvalue weighted by Gasteiger charge is 2.03. The van der Waals surface area contributed by atoms with Crippen molar-refractivity contribution < 1.29 is 9.18 Å². The van der Waals surface area contributed by atoms with Crippen molar-refractivity contribution in [2.45, 2.75) is 6.54 Å². The second-order valence-electron chi connectivity index (χ2n) is 4.73. The SMILES string of the molecule is CN(C)c1cc(CNC(=O)Nc2ccc(F)cc2)ccn1. The third-order valence-corrected chi connectivity index (χ3v) is 2.82. The van der Waals surface area contributed by atoms with E-state index >= 15 is 0 Å². The lowest BCUT2D eigenvalue weighted by molar-refractivity contribution is 0.251. The molecular formula is C15H17FN4O. The Bertz CT molecular complexity index is 613. The molecule has 0 saturated heterocycles. The van der Waals surface area contributed by atoms with Gasteiger partial charge in [-0.1, -0.05) is 0 Å². The average Bonchev–Trinajstić information content (AvgIpc) is 2.48. The molecule has 0 radical (unpaired) electrons. The van der Waals surface area contributed by atoms with Crippen LogP contribution in [0.4, 0.5) is 20.7 Å². The average molecular weight is 288 g/mol. The van der Waals surface area contributed by atoms with Crippen LogP contribution < -0.4 is 15.5 Å². The topological polar surface area (TPSA) is 57.3 Å². The third kappa shape index (κ3) is 4.45. The van der Waals surface area contributed by atoms with Crippen LogP contribution in [0.2, 0.25) is 0 Å². The van der Waals surface area contributed by atoms with Crippen molar-refractivity contribution in [1.29, 1.82) is 0 Å². The first-order chi connectivity index (χ1) is 10.0. The van der Waals surface area contributed by atoms with Gasteiger partial charge in [0.25, 0.3) is 0 Å². The lowest BCUT2D eigenvalue weighted by atomic mass is 10.2. The van der Waals surface area contributed by atoms with Crippen LogP contribution >= 0.6 is 0 Å². The Morgan fingerprint density at radius 3 is 2.62 bits per heavy atom. The van der Waals surface area contributed by atoms with Gasteiger partial charge < -0.3 is 15.5 Å². The number of carbonyl (C=O) groups is 1. The Balaban J connectivity index is 1.89. The number of pyridine rings is 1. The van der Waals surface area contributed by atoms with Crippen molar-refractivity contribution in [1.82, 2.24) is 10.3 Å². The molecule has 2 N–H and O–H groups in total. The minimum atomic E-state index is -0.343. The van der Waals surface area contributed by atoms with Crippen LogP contribution in [0.15, 0.2) is 42.6 Å². The van der Waals surface area contributed by atoms with E-state index in [9.17, 15) is 9.18 Å². The van der Waals surface area contributed by atoms with Crippen LogP contribution in [0, 0.1) is 5.82 Å². The zero-order valence-corrected chi connectivity index (χ0v) is 11.9. The standard InChI is InChI=1S/C15H17FN4O/c1-20(2)14-9-11(7-8-17-14)10-18-15(21)19-13-5-3-12(16)4-6-13/h3-9H,10H2,1-2H3,(H2,18,19,21). The number of amides is 2. The molecule has 5 nitrogen and oxygen atoms in total. The van der Waals surface area contributed by atoms with Crippen molar-refractivity contribution >= 4 is 17.5 Å². The third-order valence-electron chi connectivity index (χ3n) is 2.82. The quantitative estimate of drug-likeness (QED) is 0.909.